The van der Waals surface area contributed by atoms with Crippen LogP contribution in [0, 0.1) is 11.3 Å². The van der Waals surface area contributed by atoms with Gasteiger partial charge >= 0.3 is 6.03 Å². The summed E-state index contributed by atoms with van der Waals surface area (Å²) in [4.78, 5) is 12.4. The van der Waals surface area contributed by atoms with Crippen LogP contribution >= 0.6 is 0 Å². The summed E-state index contributed by atoms with van der Waals surface area (Å²) in [7, 11) is 0. The molecule has 1 aromatic carbocycles. The first-order chi connectivity index (χ1) is 11.9. The number of nitrogens with zero attached hydrogens (tertiary/aromatic N) is 1. The van der Waals surface area contributed by atoms with Crippen LogP contribution in [0.2, 0.25) is 0 Å². The summed E-state index contributed by atoms with van der Waals surface area (Å²) >= 11 is 0. The molecule has 0 saturated heterocycles. The molecular formula is C19H25N3O3. The standard InChI is InChI=1S/C19H25N3O3/c1-19(2)17(22-18(24)21-13-6-4-3-5-7-13)16(23)14-10-12(11-20)8-9-15(14)25-19/h8-10,13,16-17,23H,3-7H2,1-2H3,(H2,21,22,24)/t16?,17-/m1/s1. The highest BCUT2D eigenvalue weighted by Crippen LogP contribution is 2.40. The van der Waals surface area contributed by atoms with Crippen LogP contribution in [0.25, 0.3) is 0 Å². The molecule has 134 valence electrons. The monoisotopic (exact) mass is 343 g/mol. The number of carbonyl (C=O) groups excluding carboxylic acids is 1. The Balaban J connectivity index is 1.75. The predicted octanol–water partition coefficient (Wildman–Crippen LogP) is 2.76. The Hall–Kier alpha value is -2.26. The van der Waals surface area contributed by atoms with Crippen LogP contribution in [0.15, 0.2) is 18.2 Å². The quantitative estimate of drug-likeness (QED) is 0.769. The van der Waals surface area contributed by atoms with Crippen molar-refractivity contribution in [3.8, 4) is 11.8 Å². The average molecular weight is 343 g/mol. The van der Waals surface area contributed by atoms with E-state index < -0.39 is 17.7 Å². The number of benzene rings is 1. The molecule has 6 nitrogen and oxygen atoms in total. The van der Waals surface area contributed by atoms with Crippen LogP contribution in [0.1, 0.15) is 63.2 Å². The van der Waals surface area contributed by atoms with Crippen LogP contribution < -0.4 is 15.4 Å². The van der Waals surface area contributed by atoms with Gasteiger partial charge in [0.1, 0.15) is 17.5 Å². The number of aliphatic hydroxyl groups excluding tert-OH is 1. The number of amides is 2. The third-order valence-corrected chi connectivity index (χ3v) is 5.12. The van der Waals surface area contributed by atoms with E-state index in [9.17, 15) is 9.90 Å². The Kier molecular flexibility index (Phi) is 4.87. The summed E-state index contributed by atoms with van der Waals surface area (Å²) in [6.07, 6.45) is 4.54. The average Bonchev–Trinajstić information content (AvgIpc) is 2.59. The number of aliphatic hydroxyl groups is 1. The van der Waals surface area contributed by atoms with Gasteiger partial charge in [-0.05, 0) is 44.9 Å². The smallest absolute Gasteiger partial charge is 0.315 e. The minimum atomic E-state index is -0.941. The third kappa shape index (κ3) is 3.72. The number of nitriles is 1. The van der Waals surface area contributed by atoms with Gasteiger partial charge in [0.25, 0.3) is 0 Å². The highest BCUT2D eigenvalue weighted by Gasteiger charge is 2.44. The highest BCUT2D eigenvalue weighted by atomic mass is 16.5. The summed E-state index contributed by atoms with van der Waals surface area (Å²) < 4.78 is 5.98. The molecule has 1 aromatic rings. The molecule has 2 amide bonds. The first-order valence-electron chi connectivity index (χ1n) is 8.89. The van der Waals surface area contributed by atoms with Crippen molar-refractivity contribution < 1.29 is 14.6 Å². The number of rotatable bonds is 2. The van der Waals surface area contributed by atoms with Crippen LogP contribution in [0.3, 0.4) is 0 Å². The first-order valence-corrected chi connectivity index (χ1v) is 8.89. The van der Waals surface area contributed by atoms with Crippen molar-refractivity contribution in [2.75, 3.05) is 0 Å². The molecule has 0 radical (unpaired) electrons. The van der Waals surface area contributed by atoms with E-state index >= 15 is 0 Å². The molecule has 3 N–H and O–H groups in total. The second-order valence-electron chi connectivity index (χ2n) is 7.45. The van der Waals surface area contributed by atoms with E-state index in [2.05, 4.69) is 16.7 Å². The van der Waals surface area contributed by atoms with Gasteiger partial charge in [0.15, 0.2) is 0 Å². The molecule has 3 rings (SSSR count). The maximum atomic E-state index is 12.4. The van der Waals surface area contributed by atoms with Crippen molar-refractivity contribution in [1.29, 1.82) is 5.26 Å². The molecule has 1 aliphatic carbocycles. The van der Waals surface area contributed by atoms with Crippen molar-refractivity contribution >= 4 is 6.03 Å². The molecule has 0 bridgehead atoms. The lowest BCUT2D eigenvalue weighted by Gasteiger charge is -2.43. The van der Waals surface area contributed by atoms with Gasteiger partial charge in [-0.15, -0.1) is 0 Å². The van der Waals surface area contributed by atoms with Gasteiger partial charge in [-0.3, -0.25) is 0 Å². The fourth-order valence-corrected chi connectivity index (χ4v) is 3.72. The molecule has 0 spiro atoms. The largest absolute Gasteiger partial charge is 0.485 e. The van der Waals surface area contributed by atoms with Gasteiger partial charge in [0, 0.05) is 11.6 Å². The van der Waals surface area contributed by atoms with E-state index in [1.807, 2.05) is 13.8 Å². The van der Waals surface area contributed by atoms with E-state index in [1.165, 1.54) is 6.42 Å². The molecule has 2 atom stereocenters. The molecule has 6 heteroatoms. The van der Waals surface area contributed by atoms with Gasteiger partial charge in [-0.2, -0.15) is 5.26 Å². The molecule has 25 heavy (non-hydrogen) atoms. The van der Waals surface area contributed by atoms with Crippen LogP contribution in [-0.2, 0) is 0 Å². The van der Waals surface area contributed by atoms with Crippen LogP contribution in [0.4, 0.5) is 4.79 Å². The van der Waals surface area contributed by atoms with Crippen molar-refractivity contribution in [2.45, 2.75) is 69.7 Å². The van der Waals surface area contributed by atoms with Gasteiger partial charge in [0.05, 0.1) is 17.7 Å². The Morgan fingerprint density at radius 1 is 1.28 bits per heavy atom. The fourth-order valence-electron chi connectivity index (χ4n) is 3.72. The summed E-state index contributed by atoms with van der Waals surface area (Å²) in [6.45, 7) is 3.67. The van der Waals surface area contributed by atoms with Gasteiger partial charge in [0.2, 0.25) is 0 Å². The number of carbonyl (C=O) groups is 1. The molecule has 0 aromatic heterocycles. The lowest BCUT2D eigenvalue weighted by Crippen LogP contribution is -2.60. The lowest BCUT2D eigenvalue weighted by atomic mass is 9.85. The Bertz CT molecular complexity index is 690. The third-order valence-electron chi connectivity index (χ3n) is 5.12. The summed E-state index contributed by atoms with van der Waals surface area (Å²) in [5.41, 5.74) is 0.206. The van der Waals surface area contributed by atoms with Crippen LogP contribution in [0.5, 0.6) is 5.75 Å². The molecule has 1 heterocycles. The molecule has 2 aliphatic rings. The first kappa shape index (κ1) is 17.6. The molecule has 1 fully saturated rings. The topological polar surface area (TPSA) is 94.4 Å². The Morgan fingerprint density at radius 3 is 2.68 bits per heavy atom. The zero-order valence-corrected chi connectivity index (χ0v) is 14.7. The highest BCUT2D eigenvalue weighted by molar-refractivity contribution is 5.75. The lowest BCUT2D eigenvalue weighted by molar-refractivity contribution is -0.0230. The maximum Gasteiger partial charge on any atom is 0.315 e. The minimum Gasteiger partial charge on any atom is -0.485 e. The number of fused-ring (bicyclic) bond motifs is 1. The second-order valence-corrected chi connectivity index (χ2v) is 7.45. The second kappa shape index (κ2) is 6.93. The summed E-state index contributed by atoms with van der Waals surface area (Å²) in [5, 5.41) is 25.7. The van der Waals surface area contributed by atoms with E-state index in [0.717, 1.165) is 25.7 Å². The number of hydrogen-bond acceptors (Lipinski definition) is 4. The van der Waals surface area contributed by atoms with Gasteiger partial charge < -0.3 is 20.5 Å². The number of hydrogen-bond donors (Lipinski definition) is 3. The van der Waals surface area contributed by atoms with Gasteiger partial charge in [-0.1, -0.05) is 19.3 Å². The fraction of sp³-hybridized carbons (Fsp3) is 0.579. The number of nitrogens with one attached hydrogen (secondary N) is 2. The Labute approximate surface area is 148 Å². The van der Waals surface area contributed by atoms with Crippen molar-refractivity contribution in [3.05, 3.63) is 29.3 Å². The Morgan fingerprint density at radius 2 is 2.00 bits per heavy atom. The van der Waals surface area contributed by atoms with Crippen molar-refractivity contribution in [2.24, 2.45) is 0 Å². The molecule has 1 unspecified atom stereocenters. The van der Waals surface area contributed by atoms with E-state index in [0.29, 0.717) is 16.9 Å². The molecule has 1 saturated carbocycles. The maximum absolute atomic E-state index is 12.4. The predicted molar refractivity (Wildman–Crippen MR) is 93.2 cm³/mol. The molecule has 1 aliphatic heterocycles. The van der Waals surface area contributed by atoms with E-state index in [-0.39, 0.29) is 12.1 Å². The van der Waals surface area contributed by atoms with Crippen molar-refractivity contribution in [3.63, 3.8) is 0 Å². The number of ether oxygens (including phenoxy) is 1. The zero-order valence-electron chi connectivity index (χ0n) is 14.7. The van der Waals surface area contributed by atoms with Crippen molar-refractivity contribution in [1.82, 2.24) is 10.6 Å². The van der Waals surface area contributed by atoms with E-state index in [4.69, 9.17) is 10.00 Å². The minimum absolute atomic E-state index is 0.191. The number of urea groups is 1. The SMILES string of the molecule is CC1(C)Oc2ccc(C#N)cc2C(O)[C@H]1NC(=O)NC1CCCCC1. The van der Waals surface area contributed by atoms with E-state index in [1.54, 1.807) is 18.2 Å². The zero-order chi connectivity index (χ0) is 18.0. The molecular weight excluding hydrogens is 318 g/mol. The normalized spacial score (nSPS) is 25.2. The van der Waals surface area contributed by atoms with Crippen LogP contribution in [-0.4, -0.2) is 28.8 Å². The summed E-state index contributed by atoms with van der Waals surface area (Å²) in [6, 6.07) is 6.32. The van der Waals surface area contributed by atoms with Gasteiger partial charge in [-0.25, -0.2) is 4.79 Å². The summed E-state index contributed by atoms with van der Waals surface area (Å²) in [5.74, 6) is 0.544.